The van der Waals surface area contributed by atoms with Crippen molar-refractivity contribution in [3.8, 4) is 0 Å². The van der Waals surface area contributed by atoms with E-state index in [0.29, 0.717) is 11.3 Å². The van der Waals surface area contributed by atoms with E-state index in [0.717, 1.165) is 24.7 Å². The summed E-state index contributed by atoms with van der Waals surface area (Å²) < 4.78 is 19.1. The molecule has 1 aromatic carbocycles. The van der Waals surface area contributed by atoms with Gasteiger partial charge in [0.15, 0.2) is 0 Å². The Hall–Kier alpha value is -2.30. The molecular formula is C16H19FN2O2. The Kier molecular flexibility index (Phi) is 4.62. The van der Waals surface area contributed by atoms with E-state index in [-0.39, 0.29) is 11.6 Å². The largest absolute Gasteiger partial charge is 0.469 e. The summed E-state index contributed by atoms with van der Waals surface area (Å²) >= 11 is 0. The molecule has 1 unspecified atom stereocenters. The van der Waals surface area contributed by atoms with Gasteiger partial charge >= 0.3 is 0 Å². The first-order valence-electron chi connectivity index (χ1n) is 6.86. The van der Waals surface area contributed by atoms with Crippen molar-refractivity contribution >= 4 is 11.6 Å². The number of primary amides is 1. The maximum atomic E-state index is 13.8. The van der Waals surface area contributed by atoms with Crippen LogP contribution in [0.15, 0.2) is 34.9 Å². The minimum atomic E-state index is -0.639. The van der Waals surface area contributed by atoms with E-state index in [4.69, 9.17) is 10.2 Å². The van der Waals surface area contributed by atoms with Crippen molar-refractivity contribution in [2.75, 3.05) is 5.32 Å². The van der Waals surface area contributed by atoms with Crippen LogP contribution in [-0.4, -0.2) is 11.9 Å². The molecule has 0 saturated heterocycles. The number of nitrogens with two attached hydrogens (primary N) is 1. The zero-order valence-corrected chi connectivity index (χ0v) is 12.2. The van der Waals surface area contributed by atoms with E-state index in [1.807, 2.05) is 19.1 Å². The van der Waals surface area contributed by atoms with Crippen molar-refractivity contribution < 1.29 is 13.6 Å². The van der Waals surface area contributed by atoms with Crippen LogP contribution in [0.4, 0.5) is 10.1 Å². The van der Waals surface area contributed by atoms with Gasteiger partial charge in [-0.2, -0.15) is 0 Å². The van der Waals surface area contributed by atoms with Gasteiger partial charge in [0.05, 0.1) is 6.26 Å². The van der Waals surface area contributed by atoms with E-state index in [9.17, 15) is 9.18 Å². The standard InChI is InChI=1S/C16H19FN2O2/c1-10(5-6-13-4-3-7-21-13)19-15-9-12(16(18)20)8-14(17)11(15)2/h3-4,7-10,19H,5-6H2,1-2H3,(H2,18,20). The normalized spacial score (nSPS) is 12.1. The van der Waals surface area contributed by atoms with Crippen molar-refractivity contribution in [1.29, 1.82) is 0 Å². The maximum Gasteiger partial charge on any atom is 0.248 e. The highest BCUT2D eigenvalue weighted by atomic mass is 19.1. The SMILES string of the molecule is Cc1c(F)cc(C(N)=O)cc1NC(C)CCc1ccco1. The summed E-state index contributed by atoms with van der Waals surface area (Å²) in [6.45, 7) is 3.67. The predicted molar refractivity (Wildman–Crippen MR) is 79.8 cm³/mol. The summed E-state index contributed by atoms with van der Waals surface area (Å²) in [5.74, 6) is -0.162. The van der Waals surface area contributed by atoms with Crippen molar-refractivity contribution in [2.45, 2.75) is 32.7 Å². The lowest BCUT2D eigenvalue weighted by atomic mass is 10.1. The number of halogens is 1. The third kappa shape index (κ3) is 3.84. The molecule has 4 nitrogen and oxygen atoms in total. The van der Waals surface area contributed by atoms with Crippen LogP contribution in [0.2, 0.25) is 0 Å². The topological polar surface area (TPSA) is 68.3 Å². The Labute approximate surface area is 123 Å². The number of aryl methyl sites for hydroxylation is 1. The van der Waals surface area contributed by atoms with E-state index in [2.05, 4.69) is 5.32 Å². The van der Waals surface area contributed by atoms with Crippen LogP contribution in [-0.2, 0) is 6.42 Å². The molecule has 0 aliphatic carbocycles. The second-order valence-electron chi connectivity index (χ2n) is 5.16. The van der Waals surface area contributed by atoms with Crippen molar-refractivity contribution in [3.05, 3.63) is 53.2 Å². The van der Waals surface area contributed by atoms with E-state index in [1.165, 1.54) is 0 Å². The summed E-state index contributed by atoms with van der Waals surface area (Å²) in [7, 11) is 0. The molecule has 2 aromatic rings. The van der Waals surface area contributed by atoms with Crippen LogP contribution < -0.4 is 11.1 Å². The molecule has 0 bridgehead atoms. The number of hydrogen-bond donors (Lipinski definition) is 2. The van der Waals surface area contributed by atoms with Gasteiger partial charge in [0.1, 0.15) is 11.6 Å². The predicted octanol–water partition coefficient (Wildman–Crippen LogP) is 3.26. The summed E-state index contributed by atoms with van der Waals surface area (Å²) in [6, 6.07) is 6.63. The average Bonchev–Trinajstić information content (AvgIpc) is 2.94. The molecule has 0 spiro atoms. The second kappa shape index (κ2) is 6.43. The third-order valence-corrected chi connectivity index (χ3v) is 3.43. The average molecular weight is 290 g/mol. The van der Waals surface area contributed by atoms with Gasteiger partial charge in [0.25, 0.3) is 0 Å². The van der Waals surface area contributed by atoms with E-state index < -0.39 is 11.7 Å². The highest BCUT2D eigenvalue weighted by Gasteiger charge is 2.12. The van der Waals surface area contributed by atoms with Crippen molar-refractivity contribution in [2.24, 2.45) is 5.73 Å². The smallest absolute Gasteiger partial charge is 0.248 e. The number of hydrogen-bond acceptors (Lipinski definition) is 3. The molecular weight excluding hydrogens is 271 g/mol. The van der Waals surface area contributed by atoms with Crippen molar-refractivity contribution in [3.63, 3.8) is 0 Å². The Morgan fingerprint density at radius 3 is 2.86 bits per heavy atom. The Bertz CT molecular complexity index is 623. The van der Waals surface area contributed by atoms with Crippen LogP contribution in [0.1, 0.15) is 35.0 Å². The molecule has 0 radical (unpaired) electrons. The molecule has 1 amide bonds. The highest BCUT2D eigenvalue weighted by Crippen LogP contribution is 2.22. The Balaban J connectivity index is 2.05. The monoisotopic (exact) mass is 290 g/mol. The van der Waals surface area contributed by atoms with Gasteiger partial charge in [-0.1, -0.05) is 0 Å². The number of benzene rings is 1. The summed E-state index contributed by atoms with van der Waals surface area (Å²) in [5, 5.41) is 3.22. The molecule has 1 aromatic heterocycles. The molecule has 0 saturated carbocycles. The van der Waals surface area contributed by atoms with Gasteiger partial charge in [-0.25, -0.2) is 4.39 Å². The minimum Gasteiger partial charge on any atom is -0.469 e. The molecule has 21 heavy (non-hydrogen) atoms. The molecule has 5 heteroatoms. The quantitative estimate of drug-likeness (QED) is 0.858. The number of amides is 1. The summed E-state index contributed by atoms with van der Waals surface area (Å²) in [6.07, 6.45) is 3.26. The lowest BCUT2D eigenvalue weighted by molar-refractivity contribution is 0.1000. The van der Waals surface area contributed by atoms with Gasteiger partial charge in [-0.15, -0.1) is 0 Å². The molecule has 1 heterocycles. The van der Waals surface area contributed by atoms with Gasteiger partial charge in [-0.05, 0) is 44.5 Å². The first kappa shape index (κ1) is 15.1. The highest BCUT2D eigenvalue weighted by molar-refractivity contribution is 5.94. The number of nitrogens with one attached hydrogen (secondary N) is 1. The fraction of sp³-hybridized carbons (Fsp3) is 0.312. The molecule has 1 atom stereocenters. The van der Waals surface area contributed by atoms with Gasteiger partial charge in [-0.3, -0.25) is 4.79 Å². The first-order chi connectivity index (χ1) is 9.97. The van der Waals surface area contributed by atoms with Gasteiger partial charge in [0, 0.05) is 29.3 Å². The van der Waals surface area contributed by atoms with Crippen LogP contribution in [0.5, 0.6) is 0 Å². The molecule has 0 aliphatic heterocycles. The fourth-order valence-electron chi connectivity index (χ4n) is 2.12. The second-order valence-corrected chi connectivity index (χ2v) is 5.16. The Morgan fingerprint density at radius 1 is 1.48 bits per heavy atom. The van der Waals surface area contributed by atoms with Gasteiger partial charge < -0.3 is 15.5 Å². The summed E-state index contributed by atoms with van der Waals surface area (Å²) in [4.78, 5) is 11.2. The van der Waals surface area contributed by atoms with Gasteiger partial charge in [0.2, 0.25) is 5.91 Å². The lowest BCUT2D eigenvalue weighted by Gasteiger charge is -2.17. The number of anilines is 1. The molecule has 2 rings (SSSR count). The van der Waals surface area contributed by atoms with Crippen LogP contribution >= 0.6 is 0 Å². The van der Waals surface area contributed by atoms with E-state index in [1.54, 1.807) is 19.3 Å². The molecule has 0 aliphatic rings. The third-order valence-electron chi connectivity index (χ3n) is 3.43. The number of carbonyl (C=O) groups is 1. The van der Waals surface area contributed by atoms with Crippen LogP contribution in [0, 0.1) is 12.7 Å². The van der Waals surface area contributed by atoms with E-state index >= 15 is 0 Å². The van der Waals surface area contributed by atoms with Crippen LogP contribution in [0.25, 0.3) is 0 Å². The zero-order chi connectivity index (χ0) is 15.4. The number of carbonyl (C=O) groups excluding carboxylic acids is 1. The minimum absolute atomic E-state index is 0.108. The molecule has 112 valence electrons. The maximum absolute atomic E-state index is 13.8. The first-order valence-corrected chi connectivity index (χ1v) is 6.86. The summed E-state index contributed by atoms with van der Waals surface area (Å²) in [5.41, 5.74) is 6.45. The van der Waals surface area contributed by atoms with Crippen LogP contribution in [0.3, 0.4) is 0 Å². The number of furan rings is 1. The molecule has 3 N–H and O–H groups in total. The molecule has 0 fully saturated rings. The lowest BCUT2D eigenvalue weighted by Crippen LogP contribution is -2.18. The fourth-order valence-corrected chi connectivity index (χ4v) is 2.12. The number of rotatable bonds is 6. The zero-order valence-electron chi connectivity index (χ0n) is 12.2. The van der Waals surface area contributed by atoms with Crippen molar-refractivity contribution in [1.82, 2.24) is 0 Å². The Morgan fingerprint density at radius 2 is 2.24 bits per heavy atom.